The maximum absolute atomic E-state index is 12.1. The first-order valence-corrected chi connectivity index (χ1v) is 7.46. The Labute approximate surface area is 123 Å². The van der Waals surface area contributed by atoms with Crippen LogP contribution in [0.5, 0.6) is 5.75 Å². The summed E-state index contributed by atoms with van der Waals surface area (Å²) in [6.45, 7) is 4.63. The number of benzene rings is 1. The van der Waals surface area contributed by atoms with Crippen molar-refractivity contribution in [2.24, 2.45) is 0 Å². The second kappa shape index (κ2) is 6.57. The number of hydrogen-bond donors (Lipinski definition) is 1. The average Bonchev–Trinajstić information content (AvgIpc) is 2.79. The molecular formula is C16H19NO2S. The van der Waals surface area contributed by atoms with Crippen LogP contribution >= 0.6 is 11.3 Å². The van der Waals surface area contributed by atoms with Crippen LogP contribution < -0.4 is 10.1 Å². The van der Waals surface area contributed by atoms with Crippen molar-refractivity contribution in [3.8, 4) is 5.75 Å². The Kier molecular flexibility index (Phi) is 4.79. The van der Waals surface area contributed by atoms with Crippen LogP contribution in [0.15, 0.2) is 29.6 Å². The first-order chi connectivity index (χ1) is 9.63. The van der Waals surface area contributed by atoms with Crippen molar-refractivity contribution in [1.29, 1.82) is 0 Å². The number of amides is 1. The van der Waals surface area contributed by atoms with Gasteiger partial charge in [0.25, 0.3) is 5.91 Å². The molecule has 0 aliphatic carbocycles. The van der Waals surface area contributed by atoms with Crippen LogP contribution in [0.4, 0.5) is 0 Å². The summed E-state index contributed by atoms with van der Waals surface area (Å²) < 4.78 is 5.30. The Balaban J connectivity index is 1.93. The fourth-order valence-electron chi connectivity index (χ4n) is 2.05. The summed E-state index contributed by atoms with van der Waals surface area (Å²) in [4.78, 5) is 13.3. The lowest BCUT2D eigenvalue weighted by Gasteiger charge is -2.09. The minimum atomic E-state index is 0.00162. The molecule has 1 heterocycles. The fourth-order valence-corrected chi connectivity index (χ4v) is 2.92. The molecular weight excluding hydrogens is 270 g/mol. The van der Waals surface area contributed by atoms with Gasteiger partial charge in [0.15, 0.2) is 0 Å². The van der Waals surface area contributed by atoms with E-state index in [1.807, 2.05) is 43.5 Å². The van der Waals surface area contributed by atoms with E-state index < -0.39 is 0 Å². The average molecular weight is 289 g/mol. The van der Waals surface area contributed by atoms with Gasteiger partial charge in [-0.15, -0.1) is 11.3 Å². The predicted octanol–water partition coefficient (Wildman–Crippen LogP) is 3.35. The largest absolute Gasteiger partial charge is 0.496 e. The highest BCUT2D eigenvalue weighted by atomic mass is 32.1. The Bertz CT molecular complexity index is 604. The summed E-state index contributed by atoms with van der Waals surface area (Å²) in [7, 11) is 1.66. The van der Waals surface area contributed by atoms with Gasteiger partial charge in [0.2, 0.25) is 0 Å². The molecule has 2 aromatic rings. The molecule has 0 aliphatic heterocycles. The Morgan fingerprint density at radius 2 is 2.05 bits per heavy atom. The van der Waals surface area contributed by atoms with Crippen LogP contribution in [0.25, 0.3) is 0 Å². The molecule has 1 N–H and O–H groups in total. The van der Waals surface area contributed by atoms with E-state index in [0.717, 1.165) is 28.9 Å². The van der Waals surface area contributed by atoms with Gasteiger partial charge in [0.05, 0.1) is 12.7 Å². The van der Waals surface area contributed by atoms with E-state index in [-0.39, 0.29) is 5.91 Å². The molecule has 0 saturated heterocycles. The van der Waals surface area contributed by atoms with Crippen molar-refractivity contribution in [3.63, 3.8) is 0 Å². The van der Waals surface area contributed by atoms with Crippen LogP contribution in [-0.2, 0) is 6.42 Å². The molecule has 0 radical (unpaired) electrons. The summed E-state index contributed by atoms with van der Waals surface area (Å²) in [5, 5.41) is 4.88. The van der Waals surface area contributed by atoms with Crippen LogP contribution in [0, 0.1) is 13.8 Å². The van der Waals surface area contributed by atoms with Gasteiger partial charge in [-0.25, -0.2) is 0 Å². The number of nitrogens with one attached hydrogen (secondary N) is 1. The summed E-state index contributed by atoms with van der Waals surface area (Å²) in [5.74, 6) is 0.867. The zero-order valence-corrected chi connectivity index (χ0v) is 12.8. The van der Waals surface area contributed by atoms with Crippen LogP contribution in [0.2, 0.25) is 0 Å². The lowest BCUT2D eigenvalue weighted by Crippen LogP contribution is -2.26. The van der Waals surface area contributed by atoms with Crippen LogP contribution in [0.3, 0.4) is 0 Å². The van der Waals surface area contributed by atoms with E-state index in [9.17, 15) is 4.79 Å². The number of aryl methyl sites for hydroxylation is 1. The normalized spacial score (nSPS) is 10.3. The first-order valence-electron chi connectivity index (χ1n) is 6.58. The molecule has 0 unspecified atom stereocenters. The minimum absolute atomic E-state index is 0.00162. The predicted molar refractivity (Wildman–Crippen MR) is 82.8 cm³/mol. The van der Waals surface area contributed by atoms with E-state index in [4.69, 9.17) is 4.74 Å². The highest BCUT2D eigenvalue weighted by molar-refractivity contribution is 7.10. The molecule has 1 aromatic carbocycles. The zero-order valence-electron chi connectivity index (χ0n) is 12.0. The number of para-hydroxylation sites is 1. The number of hydrogen-bond acceptors (Lipinski definition) is 3. The third-order valence-corrected chi connectivity index (χ3v) is 4.42. The second-order valence-corrected chi connectivity index (χ2v) is 5.73. The van der Waals surface area contributed by atoms with Crippen molar-refractivity contribution in [1.82, 2.24) is 5.32 Å². The van der Waals surface area contributed by atoms with Crippen molar-refractivity contribution in [2.75, 3.05) is 13.7 Å². The van der Waals surface area contributed by atoms with E-state index in [2.05, 4.69) is 5.32 Å². The molecule has 0 saturated carbocycles. The SMILES string of the molecule is COc1ccccc1CCNC(=O)c1csc(C)c1C. The van der Waals surface area contributed by atoms with Gasteiger partial charge in [0.1, 0.15) is 5.75 Å². The molecule has 0 atom stereocenters. The standard InChI is InChI=1S/C16H19NO2S/c1-11-12(2)20-10-14(11)16(18)17-9-8-13-6-4-5-7-15(13)19-3/h4-7,10H,8-9H2,1-3H3,(H,17,18). The minimum Gasteiger partial charge on any atom is -0.496 e. The van der Waals surface area contributed by atoms with E-state index in [1.54, 1.807) is 18.4 Å². The Hall–Kier alpha value is -1.81. The molecule has 0 fully saturated rings. The summed E-state index contributed by atoms with van der Waals surface area (Å²) in [5.41, 5.74) is 2.96. The summed E-state index contributed by atoms with van der Waals surface area (Å²) >= 11 is 1.61. The maximum Gasteiger partial charge on any atom is 0.252 e. The molecule has 1 amide bonds. The maximum atomic E-state index is 12.1. The third kappa shape index (κ3) is 3.20. The molecule has 20 heavy (non-hydrogen) atoms. The number of thiophene rings is 1. The van der Waals surface area contributed by atoms with E-state index in [1.165, 1.54) is 4.88 Å². The van der Waals surface area contributed by atoms with Gasteiger partial charge in [-0.1, -0.05) is 18.2 Å². The van der Waals surface area contributed by atoms with E-state index in [0.29, 0.717) is 6.54 Å². The van der Waals surface area contributed by atoms with Gasteiger partial charge in [0, 0.05) is 16.8 Å². The molecule has 3 nitrogen and oxygen atoms in total. The summed E-state index contributed by atoms with van der Waals surface area (Å²) in [6, 6.07) is 7.87. The Morgan fingerprint density at radius 3 is 2.70 bits per heavy atom. The van der Waals surface area contributed by atoms with Crippen molar-refractivity contribution in [2.45, 2.75) is 20.3 Å². The lowest BCUT2D eigenvalue weighted by molar-refractivity contribution is 0.0954. The molecule has 106 valence electrons. The lowest BCUT2D eigenvalue weighted by atomic mass is 10.1. The monoisotopic (exact) mass is 289 g/mol. The fraction of sp³-hybridized carbons (Fsp3) is 0.312. The second-order valence-electron chi connectivity index (χ2n) is 4.65. The molecule has 2 rings (SSSR count). The molecule has 0 spiro atoms. The van der Waals surface area contributed by atoms with E-state index >= 15 is 0 Å². The quantitative estimate of drug-likeness (QED) is 0.916. The van der Waals surface area contributed by atoms with Crippen LogP contribution in [-0.4, -0.2) is 19.6 Å². The van der Waals surface area contributed by atoms with Gasteiger partial charge < -0.3 is 10.1 Å². The zero-order chi connectivity index (χ0) is 14.5. The number of carbonyl (C=O) groups excluding carboxylic acids is 1. The van der Waals surface area contributed by atoms with Crippen LogP contribution in [0.1, 0.15) is 26.4 Å². The number of carbonyl (C=O) groups is 1. The number of methoxy groups -OCH3 is 1. The first kappa shape index (κ1) is 14.6. The number of rotatable bonds is 5. The highest BCUT2D eigenvalue weighted by Gasteiger charge is 2.12. The molecule has 1 aromatic heterocycles. The highest BCUT2D eigenvalue weighted by Crippen LogP contribution is 2.20. The molecule has 0 bridgehead atoms. The number of ether oxygens (including phenoxy) is 1. The van der Waals surface area contributed by atoms with Gasteiger partial charge in [-0.3, -0.25) is 4.79 Å². The third-order valence-electron chi connectivity index (χ3n) is 3.40. The van der Waals surface area contributed by atoms with Gasteiger partial charge in [-0.05, 0) is 37.5 Å². The van der Waals surface area contributed by atoms with Gasteiger partial charge in [-0.2, -0.15) is 0 Å². The Morgan fingerprint density at radius 1 is 1.30 bits per heavy atom. The van der Waals surface area contributed by atoms with Crippen molar-refractivity contribution in [3.05, 3.63) is 51.2 Å². The van der Waals surface area contributed by atoms with Gasteiger partial charge >= 0.3 is 0 Å². The molecule has 4 heteroatoms. The van der Waals surface area contributed by atoms with Crippen molar-refractivity contribution < 1.29 is 9.53 Å². The van der Waals surface area contributed by atoms with Crippen molar-refractivity contribution >= 4 is 17.2 Å². The smallest absolute Gasteiger partial charge is 0.252 e. The summed E-state index contributed by atoms with van der Waals surface area (Å²) in [6.07, 6.45) is 0.762. The molecule has 0 aliphatic rings. The topological polar surface area (TPSA) is 38.3 Å².